The predicted molar refractivity (Wildman–Crippen MR) is 159 cm³/mol. The summed E-state index contributed by atoms with van der Waals surface area (Å²) in [5.41, 5.74) is 2.42. The molecule has 4 aromatic carbocycles. The van der Waals surface area contributed by atoms with Gasteiger partial charge in [-0.3, -0.25) is 9.59 Å². The number of aldehydes is 2. The van der Waals surface area contributed by atoms with Gasteiger partial charge in [-0.25, -0.2) is 9.59 Å². The molecule has 0 aromatic heterocycles. The smallest absolute Gasteiger partial charge is 0.343 e. The zero-order valence-electron chi connectivity index (χ0n) is 20.8. The van der Waals surface area contributed by atoms with Crippen LogP contribution in [0.4, 0.5) is 0 Å². The van der Waals surface area contributed by atoms with Gasteiger partial charge >= 0.3 is 11.9 Å². The van der Waals surface area contributed by atoms with Crippen molar-refractivity contribution in [2.45, 2.75) is 0 Å². The molecule has 4 rings (SSSR count). The maximum atomic E-state index is 12.3. The Morgan fingerprint density at radius 3 is 1.12 bits per heavy atom. The van der Waals surface area contributed by atoms with E-state index in [0.717, 1.165) is 8.95 Å². The van der Waals surface area contributed by atoms with Crippen molar-refractivity contribution in [3.63, 3.8) is 0 Å². The zero-order valence-corrected chi connectivity index (χ0v) is 23.9. The normalized spacial score (nSPS) is 11.4. The minimum absolute atomic E-state index is 0.167. The molecule has 0 heterocycles. The Bertz CT molecular complexity index is 1460. The lowest BCUT2D eigenvalue weighted by Crippen LogP contribution is -2.08. The average molecular weight is 660 g/mol. The molecule has 0 fully saturated rings. The monoisotopic (exact) mass is 658 g/mol. The molecule has 0 aliphatic carbocycles. The number of allylic oxidation sites excluding steroid dienone is 2. The van der Waals surface area contributed by atoms with Crippen molar-refractivity contribution < 1.29 is 28.7 Å². The number of halogens is 2. The highest BCUT2D eigenvalue weighted by Gasteiger charge is 2.10. The number of rotatable bonds is 9. The van der Waals surface area contributed by atoms with Gasteiger partial charge in [0.25, 0.3) is 0 Å². The minimum atomic E-state index is -0.496. The first kappa shape index (κ1) is 28.6. The van der Waals surface area contributed by atoms with Gasteiger partial charge in [-0.05, 0) is 96.1 Å². The van der Waals surface area contributed by atoms with Crippen molar-refractivity contribution in [3.05, 3.63) is 139 Å². The van der Waals surface area contributed by atoms with E-state index in [2.05, 4.69) is 31.9 Å². The fraction of sp³-hybridized carbons (Fsp3) is 0. The Hall–Kier alpha value is -4.40. The lowest BCUT2D eigenvalue weighted by Gasteiger charge is -2.06. The summed E-state index contributed by atoms with van der Waals surface area (Å²) in [7, 11) is 0. The number of hydrogen-bond acceptors (Lipinski definition) is 6. The van der Waals surface area contributed by atoms with Gasteiger partial charge in [-0.15, -0.1) is 0 Å². The van der Waals surface area contributed by atoms with Crippen LogP contribution in [0.15, 0.2) is 117 Å². The lowest BCUT2D eigenvalue weighted by molar-refractivity contribution is -0.107. The summed E-state index contributed by atoms with van der Waals surface area (Å²) in [6.07, 6.45) is 4.30. The number of carbonyl (C=O) groups is 4. The van der Waals surface area contributed by atoms with E-state index in [0.29, 0.717) is 46.3 Å². The molecule has 0 aliphatic rings. The summed E-state index contributed by atoms with van der Waals surface area (Å²) in [5.74, 6) is -0.316. The second-order valence-electron chi connectivity index (χ2n) is 8.37. The molecule has 4 aromatic rings. The molecule has 40 heavy (non-hydrogen) atoms. The lowest BCUT2D eigenvalue weighted by atomic mass is 10.0. The summed E-state index contributed by atoms with van der Waals surface area (Å²) in [4.78, 5) is 48.3. The summed E-state index contributed by atoms with van der Waals surface area (Å²) in [6, 6.07) is 26.7. The number of hydrogen-bond donors (Lipinski definition) is 0. The third-order valence-electron chi connectivity index (χ3n) is 5.57. The largest absolute Gasteiger partial charge is 0.423 e. The molecule has 0 amide bonds. The van der Waals surface area contributed by atoms with E-state index in [1.807, 2.05) is 0 Å². The molecule has 0 spiro atoms. The summed E-state index contributed by atoms with van der Waals surface area (Å²) in [5, 5.41) is 0. The van der Waals surface area contributed by atoms with E-state index >= 15 is 0 Å². The number of benzene rings is 4. The highest BCUT2D eigenvalue weighted by molar-refractivity contribution is 9.10. The number of esters is 2. The van der Waals surface area contributed by atoms with Crippen molar-refractivity contribution in [1.29, 1.82) is 0 Å². The van der Waals surface area contributed by atoms with Gasteiger partial charge in [-0.1, -0.05) is 56.1 Å². The molecule has 8 heteroatoms. The van der Waals surface area contributed by atoms with Crippen molar-refractivity contribution in [3.8, 4) is 11.5 Å². The van der Waals surface area contributed by atoms with Crippen LogP contribution in [0.5, 0.6) is 11.5 Å². The van der Waals surface area contributed by atoms with Gasteiger partial charge in [0.05, 0.1) is 11.1 Å². The van der Waals surface area contributed by atoms with E-state index in [9.17, 15) is 19.2 Å². The SMILES string of the molecule is O=CC(=Cc1ccc(OC(=O)c2ccc(Br)cc2)cc1)C(C=O)=Cc1ccc(OC(=O)c2ccc(Br)cc2)cc1. The molecule has 0 saturated heterocycles. The van der Waals surface area contributed by atoms with Gasteiger partial charge in [-0.2, -0.15) is 0 Å². The highest BCUT2D eigenvalue weighted by Crippen LogP contribution is 2.21. The van der Waals surface area contributed by atoms with Gasteiger partial charge in [0.1, 0.15) is 11.5 Å². The molecule has 0 saturated carbocycles. The first-order valence-electron chi connectivity index (χ1n) is 11.8. The van der Waals surface area contributed by atoms with Crippen molar-refractivity contribution >= 4 is 68.5 Å². The van der Waals surface area contributed by atoms with E-state index in [4.69, 9.17) is 9.47 Å². The molecule has 0 N–H and O–H groups in total. The molecule has 0 bridgehead atoms. The maximum Gasteiger partial charge on any atom is 0.343 e. The summed E-state index contributed by atoms with van der Waals surface area (Å²) < 4.78 is 12.5. The van der Waals surface area contributed by atoms with Crippen LogP contribution in [-0.2, 0) is 9.59 Å². The van der Waals surface area contributed by atoms with E-state index in [-0.39, 0.29) is 11.1 Å². The molecule has 0 aliphatic heterocycles. The van der Waals surface area contributed by atoms with Crippen LogP contribution in [0.3, 0.4) is 0 Å². The van der Waals surface area contributed by atoms with Crippen LogP contribution in [0, 0.1) is 0 Å². The fourth-order valence-electron chi connectivity index (χ4n) is 3.50. The second-order valence-corrected chi connectivity index (χ2v) is 10.2. The van der Waals surface area contributed by atoms with Crippen LogP contribution in [-0.4, -0.2) is 24.5 Å². The van der Waals surface area contributed by atoms with Gasteiger partial charge in [0, 0.05) is 20.1 Å². The van der Waals surface area contributed by atoms with Gasteiger partial charge in [0.2, 0.25) is 0 Å². The van der Waals surface area contributed by atoms with Crippen LogP contribution < -0.4 is 9.47 Å². The highest BCUT2D eigenvalue weighted by atomic mass is 79.9. The molecule has 0 unspecified atom stereocenters. The van der Waals surface area contributed by atoms with Crippen LogP contribution in [0.1, 0.15) is 31.8 Å². The predicted octanol–water partition coefficient (Wildman–Crippen LogP) is 7.51. The van der Waals surface area contributed by atoms with Crippen LogP contribution in [0.2, 0.25) is 0 Å². The van der Waals surface area contributed by atoms with Crippen LogP contribution >= 0.6 is 31.9 Å². The van der Waals surface area contributed by atoms with E-state index < -0.39 is 11.9 Å². The Morgan fingerprint density at radius 1 is 0.500 bits per heavy atom. The van der Waals surface area contributed by atoms with Crippen LogP contribution in [0.25, 0.3) is 12.2 Å². The van der Waals surface area contributed by atoms with E-state index in [1.54, 1.807) is 109 Å². The summed E-state index contributed by atoms with van der Waals surface area (Å²) >= 11 is 6.64. The van der Waals surface area contributed by atoms with Gasteiger partial charge in [0.15, 0.2) is 12.6 Å². The Kier molecular flexibility index (Phi) is 9.72. The Balaban J connectivity index is 1.44. The molecular formula is C32H20Br2O6. The average Bonchev–Trinajstić information content (AvgIpc) is 2.97. The van der Waals surface area contributed by atoms with E-state index in [1.165, 1.54) is 0 Å². The quantitative estimate of drug-likeness (QED) is 0.0608. The topological polar surface area (TPSA) is 86.7 Å². The molecule has 6 nitrogen and oxygen atoms in total. The van der Waals surface area contributed by atoms with Crippen molar-refractivity contribution in [1.82, 2.24) is 0 Å². The Labute approximate surface area is 247 Å². The Morgan fingerprint density at radius 2 is 0.825 bits per heavy atom. The fourth-order valence-corrected chi connectivity index (χ4v) is 4.03. The molecule has 198 valence electrons. The maximum absolute atomic E-state index is 12.3. The first-order valence-corrected chi connectivity index (χ1v) is 13.4. The zero-order chi connectivity index (χ0) is 28.5. The van der Waals surface area contributed by atoms with Gasteiger partial charge < -0.3 is 9.47 Å². The molecule has 0 radical (unpaired) electrons. The standard InChI is InChI=1S/C32H20Br2O6/c33-27-9-5-23(6-10-27)31(37)39-29-13-1-21(2-14-29)17-25(19-35)26(20-36)18-22-3-15-30(16-4-22)40-32(38)24-7-11-28(34)12-8-24/h1-20H. The summed E-state index contributed by atoms with van der Waals surface area (Å²) in [6.45, 7) is 0. The van der Waals surface area contributed by atoms with Crippen molar-refractivity contribution in [2.75, 3.05) is 0 Å². The van der Waals surface area contributed by atoms with Crippen molar-refractivity contribution in [2.24, 2.45) is 0 Å². The molecular weight excluding hydrogens is 640 g/mol. The first-order chi connectivity index (χ1) is 19.3. The minimum Gasteiger partial charge on any atom is -0.423 e. The number of ether oxygens (including phenoxy) is 2. The molecule has 0 atom stereocenters. The third-order valence-corrected chi connectivity index (χ3v) is 6.63. The number of carbonyl (C=O) groups excluding carboxylic acids is 4. The second kappa shape index (κ2) is 13.6. The third kappa shape index (κ3) is 7.81.